The number of aliphatic hydroxyl groups is 1. The van der Waals surface area contributed by atoms with E-state index in [9.17, 15) is 18.8 Å². The summed E-state index contributed by atoms with van der Waals surface area (Å²) in [6.07, 6.45) is 1.27. The molecule has 0 saturated carbocycles. The summed E-state index contributed by atoms with van der Waals surface area (Å²) in [6.45, 7) is 5.85. The highest BCUT2D eigenvalue weighted by molar-refractivity contribution is 7.89. The van der Waals surface area contributed by atoms with Crippen LogP contribution in [0.2, 0.25) is 5.02 Å². The van der Waals surface area contributed by atoms with E-state index in [-0.39, 0.29) is 10.9 Å². The van der Waals surface area contributed by atoms with Gasteiger partial charge in [-0.1, -0.05) is 48.9 Å². The summed E-state index contributed by atoms with van der Waals surface area (Å²) in [5, 5.41) is 26.7. The summed E-state index contributed by atoms with van der Waals surface area (Å²) in [5.74, 6) is 0.474. The summed E-state index contributed by atoms with van der Waals surface area (Å²) in [5.41, 5.74) is 1.01. The Morgan fingerprint density at radius 2 is 1.85 bits per heavy atom. The summed E-state index contributed by atoms with van der Waals surface area (Å²) in [7, 11) is -3.86. The number of guanidine groups is 1. The number of nitrogens with zero attached hydrogens (tertiary/aromatic N) is 3. The van der Waals surface area contributed by atoms with Gasteiger partial charge in [0.1, 0.15) is 23.5 Å². The second kappa shape index (κ2) is 12.3. The molecule has 0 saturated heterocycles. The fraction of sp³-hybridized carbons (Fsp3) is 0.310. The van der Waals surface area contributed by atoms with Crippen molar-refractivity contribution >= 4 is 33.3 Å². The van der Waals surface area contributed by atoms with Gasteiger partial charge in [-0.2, -0.15) is 9.57 Å². The normalized spacial score (nSPS) is 18.4. The van der Waals surface area contributed by atoms with Gasteiger partial charge < -0.3 is 15.2 Å². The number of sulfonamides is 1. The van der Waals surface area contributed by atoms with Crippen LogP contribution >= 0.6 is 11.6 Å². The Balaban J connectivity index is 1.70. The number of fused-ring (bicyclic) bond motifs is 1. The molecule has 4 rings (SSSR count). The third-order valence-electron chi connectivity index (χ3n) is 6.72. The number of benzene rings is 3. The lowest BCUT2D eigenvalue weighted by molar-refractivity contribution is -0.0568. The van der Waals surface area contributed by atoms with Crippen molar-refractivity contribution in [2.24, 2.45) is 4.99 Å². The maximum atomic E-state index is 13.7. The van der Waals surface area contributed by atoms with Crippen molar-refractivity contribution in [1.82, 2.24) is 9.62 Å². The lowest BCUT2D eigenvalue weighted by Crippen LogP contribution is -2.49. The number of ether oxygens (including phenoxy) is 1. The molecule has 210 valence electrons. The van der Waals surface area contributed by atoms with Crippen molar-refractivity contribution < 1.29 is 18.3 Å². The number of likely N-dealkylation sites (N-methyl/N-ethyl adjacent to an activating group) is 1. The van der Waals surface area contributed by atoms with Crippen LogP contribution in [0.1, 0.15) is 37.9 Å². The molecule has 1 aliphatic heterocycles. The van der Waals surface area contributed by atoms with Crippen LogP contribution < -0.4 is 15.4 Å². The van der Waals surface area contributed by atoms with Crippen LogP contribution in [0.15, 0.2) is 82.7 Å². The Morgan fingerprint density at radius 1 is 1.15 bits per heavy atom. The number of halogens is 1. The Kier molecular flexibility index (Phi) is 9.01. The summed E-state index contributed by atoms with van der Waals surface area (Å²) in [4.78, 5) is 4.69. The lowest BCUT2D eigenvalue weighted by atomic mass is 9.87. The molecule has 40 heavy (non-hydrogen) atoms. The number of anilines is 1. The first-order valence-electron chi connectivity index (χ1n) is 12.9. The molecule has 0 amide bonds. The molecule has 0 radical (unpaired) electrons. The van der Waals surface area contributed by atoms with Crippen molar-refractivity contribution in [3.63, 3.8) is 0 Å². The average Bonchev–Trinajstić information content (AvgIpc) is 2.93. The van der Waals surface area contributed by atoms with Crippen LogP contribution in [-0.2, 0) is 16.4 Å². The second-order valence-corrected chi connectivity index (χ2v) is 12.2. The second-order valence-electron chi connectivity index (χ2n) is 9.87. The summed E-state index contributed by atoms with van der Waals surface area (Å²) in [6, 6.07) is 20.2. The smallest absolute Gasteiger partial charge is 0.243 e. The van der Waals surface area contributed by atoms with Gasteiger partial charge in [0, 0.05) is 29.4 Å². The van der Waals surface area contributed by atoms with Gasteiger partial charge in [0.05, 0.1) is 4.90 Å². The molecule has 1 heterocycles. The predicted molar refractivity (Wildman–Crippen MR) is 156 cm³/mol. The van der Waals surface area contributed by atoms with Gasteiger partial charge in [0.25, 0.3) is 0 Å². The maximum Gasteiger partial charge on any atom is 0.243 e. The topological polar surface area (TPSA) is 127 Å². The minimum Gasteiger partial charge on any atom is -0.485 e. The highest BCUT2D eigenvalue weighted by Gasteiger charge is 2.44. The number of nitriles is 1. The van der Waals surface area contributed by atoms with Crippen LogP contribution in [0, 0.1) is 11.5 Å². The fourth-order valence-electron chi connectivity index (χ4n) is 4.50. The standard InChI is InChI=1S/C29H32ClN5O4S/c1-4-35(17-16-20-8-6-5-7-9-20)40(37,38)23-14-15-25-24(18-23)26(27(36)29(2,3)39-25)34-28(32-19-31)33-22-12-10-21(30)11-13-22/h5-15,18,26-27,36H,4,16-17H2,1-3H3,(H2,32,33,34)/t26-,27+/m1/s1. The molecule has 3 N–H and O–H groups in total. The summed E-state index contributed by atoms with van der Waals surface area (Å²) >= 11 is 5.98. The molecule has 1 aliphatic rings. The maximum absolute atomic E-state index is 13.7. The number of aliphatic imine (C=N–C) groups is 1. The fourth-order valence-corrected chi connectivity index (χ4v) is 6.11. The largest absolute Gasteiger partial charge is 0.485 e. The van der Waals surface area contributed by atoms with Crippen molar-refractivity contribution in [3.05, 3.63) is 88.9 Å². The SMILES string of the molecule is CCN(CCc1ccccc1)S(=O)(=O)c1ccc2c(c1)[C@@H](N=C(NC#N)Nc1ccc(Cl)cc1)[C@H](O)C(C)(C)O2. The molecule has 0 aromatic heterocycles. The molecule has 0 bridgehead atoms. The van der Waals surface area contributed by atoms with E-state index >= 15 is 0 Å². The minimum absolute atomic E-state index is 0.0670. The van der Waals surface area contributed by atoms with Crippen LogP contribution in [0.4, 0.5) is 5.69 Å². The van der Waals surface area contributed by atoms with Gasteiger partial charge in [-0.05, 0) is 68.3 Å². The van der Waals surface area contributed by atoms with Gasteiger partial charge in [0.15, 0.2) is 6.19 Å². The van der Waals surface area contributed by atoms with Crippen molar-refractivity contribution in [3.8, 4) is 11.9 Å². The molecule has 0 unspecified atom stereocenters. The van der Waals surface area contributed by atoms with Gasteiger partial charge in [-0.25, -0.2) is 13.4 Å². The number of hydrogen-bond donors (Lipinski definition) is 3. The molecular formula is C29H32ClN5O4S. The van der Waals surface area contributed by atoms with Gasteiger partial charge >= 0.3 is 0 Å². The van der Waals surface area contributed by atoms with E-state index in [1.807, 2.05) is 36.5 Å². The van der Waals surface area contributed by atoms with E-state index in [0.29, 0.717) is 41.5 Å². The van der Waals surface area contributed by atoms with Crippen LogP contribution in [0.5, 0.6) is 5.75 Å². The van der Waals surface area contributed by atoms with E-state index in [1.165, 1.54) is 16.4 Å². The van der Waals surface area contributed by atoms with Gasteiger partial charge in [-0.15, -0.1) is 0 Å². The molecule has 3 aromatic carbocycles. The summed E-state index contributed by atoms with van der Waals surface area (Å²) < 4.78 is 34.8. The Bertz CT molecular complexity index is 1510. The monoisotopic (exact) mass is 581 g/mol. The Morgan fingerprint density at radius 3 is 2.50 bits per heavy atom. The zero-order valence-electron chi connectivity index (χ0n) is 22.5. The van der Waals surface area contributed by atoms with Gasteiger partial charge in [0.2, 0.25) is 16.0 Å². The van der Waals surface area contributed by atoms with E-state index in [4.69, 9.17) is 16.3 Å². The van der Waals surface area contributed by atoms with E-state index < -0.39 is 27.8 Å². The zero-order valence-corrected chi connectivity index (χ0v) is 24.1. The number of rotatable bonds is 8. The van der Waals surface area contributed by atoms with Crippen molar-refractivity contribution in [2.75, 3.05) is 18.4 Å². The highest BCUT2D eigenvalue weighted by atomic mass is 35.5. The molecule has 0 spiro atoms. The Labute approximate surface area is 240 Å². The van der Waals surface area contributed by atoms with E-state index in [2.05, 4.69) is 15.6 Å². The van der Waals surface area contributed by atoms with Crippen molar-refractivity contribution in [1.29, 1.82) is 5.26 Å². The first kappa shape index (κ1) is 29.4. The number of aliphatic hydroxyl groups excluding tert-OH is 1. The molecule has 3 aromatic rings. The van der Waals surface area contributed by atoms with Crippen LogP contribution in [-0.4, -0.2) is 48.6 Å². The quantitative estimate of drug-likeness (QED) is 0.152. The molecule has 0 fully saturated rings. The average molecular weight is 582 g/mol. The van der Waals surface area contributed by atoms with E-state index in [0.717, 1.165) is 5.56 Å². The first-order chi connectivity index (χ1) is 19.0. The highest BCUT2D eigenvalue weighted by Crippen LogP contribution is 2.43. The molecule has 11 heteroatoms. The first-order valence-corrected chi connectivity index (χ1v) is 14.7. The van der Waals surface area contributed by atoms with Crippen LogP contribution in [0.3, 0.4) is 0 Å². The van der Waals surface area contributed by atoms with Crippen molar-refractivity contribution in [2.45, 2.75) is 49.8 Å². The Hall–Kier alpha value is -3.62. The number of hydrogen-bond acceptors (Lipinski definition) is 6. The molecule has 0 aliphatic carbocycles. The molecular weight excluding hydrogens is 550 g/mol. The van der Waals surface area contributed by atoms with Gasteiger partial charge in [-0.3, -0.25) is 5.32 Å². The number of nitrogens with one attached hydrogen (secondary N) is 2. The zero-order chi connectivity index (χ0) is 28.9. The predicted octanol–water partition coefficient (Wildman–Crippen LogP) is 4.71. The molecule has 9 nitrogen and oxygen atoms in total. The lowest BCUT2D eigenvalue weighted by Gasteiger charge is -2.41. The molecule has 2 atom stereocenters. The van der Waals surface area contributed by atoms with Crippen LogP contribution in [0.25, 0.3) is 0 Å². The third-order valence-corrected chi connectivity index (χ3v) is 8.94. The van der Waals surface area contributed by atoms with E-state index in [1.54, 1.807) is 51.1 Å². The minimum atomic E-state index is -3.86. The third kappa shape index (κ3) is 6.57.